The van der Waals surface area contributed by atoms with E-state index in [0.29, 0.717) is 6.04 Å². The van der Waals surface area contributed by atoms with E-state index in [1.54, 1.807) is 0 Å². The number of hydrogen-bond acceptors (Lipinski definition) is 4. The first kappa shape index (κ1) is 14.8. The Morgan fingerprint density at radius 3 is 2.85 bits per heavy atom. The lowest BCUT2D eigenvalue weighted by atomic mass is 10.2. The summed E-state index contributed by atoms with van der Waals surface area (Å²) >= 11 is 0. The van der Waals surface area contributed by atoms with Crippen LogP contribution in [0.15, 0.2) is 41.1 Å². The molecule has 0 spiro atoms. The number of aromatic nitrogens is 1. The minimum atomic E-state index is 0.486. The van der Waals surface area contributed by atoms with Crippen LogP contribution < -0.4 is 5.32 Å². The third-order valence-corrected chi connectivity index (χ3v) is 3.01. The molecule has 0 bridgehead atoms. The lowest BCUT2D eigenvalue weighted by Crippen LogP contribution is -2.21. The third kappa shape index (κ3) is 4.79. The maximum atomic E-state index is 5.60. The highest BCUT2D eigenvalue weighted by Gasteiger charge is 2.07. The minimum absolute atomic E-state index is 0.486. The van der Waals surface area contributed by atoms with Crippen molar-refractivity contribution in [2.75, 3.05) is 7.05 Å². The van der Waals surface area contributed by atoms with E-state index >= 15 is 0 Å². The smallest absolute Gasteiger partial charge is 0.118 e. The van der Waals surface area contributed by atoms with Gasteiger partial charge >= 0.3 is 0 Å². The molecule has 4 nitrogen and oxygen atoms in total. The number of nitrogens with one attached hydrogen (secondary N) is 1. The van der Waals surface area contributed by atoms with Crippen molar-refractivity contribution in [1.82, 2.24) is 15.2 Å². The zero-order valence-corrected chi connectivity index (χ0v) is 12.5. The molecule has 0 radical (unpaired) electrons. The summed E-state index contributed by atoms with van der Waals surface area (Å²) in [5.74, 6) is 0.990. The second-order valence-electron chi connectivity index (χ2n) is 5.45. The van der Waals surface area contributed by atoms with Gasteiger partial charge in [-0.1, -0.05) is 19.9 Å². The predicted molar refractivity (Wildman–Crippen MR) is 80.1 cm³/mol. The highest BCUT2D eigenvalue weighted by Crippen LogP contribution is 2.11. The molecule has 0 unspecified atom stereocenters. The Morgan fingerprint density at radius 2 is 2.15 bits per heavy atom. The predicted octanol–water partition coefficient (Wildman–Crippen LogP) is 2.80. The molecule has 0 aromatic carbocycles. The first-order valence-corrected chi connectivity index (χ1v) is 7.01. The van der Waals surface area contributed by atoms with Gasteiger partial charge in [0.1, 0.15) is 5.76 Å². The van der Waals surface area contributed by atoms with Crippen LogP contribution in [0, 0.1) is 0 Å². The van der Waals surface area contributed by atoms with Crippen LogP contribution >= 0.6 is 0 Å². The van der Waals surface area contributed by atoms with E-state index in [1.807, 2.05) is 30.7 Å². The quantitative estimate of drug-likeness (QED) is 0.842. The van der Waals surface area contributed by atoms with Crippen LogP contribution in [0.1, 0.15) is 30.9 Å². The maximum absolute atomic E-state index is 5.60. The van der Waals surface area contributed by atoms with Gasteiger partial charge in [0.15, 0.2) is 0 Å². The van der Waals surface area contributed by atoms with Crippen LogP contribution in [0.25, 0.3) is 0 Å². The SMILES string of the molecule is CC(C)NCc1coc(CN(C)Cc2ccccn2)c1. The molecule has 2 heterocycles. The van der Waals surface area contributed by atoms with Gasteiger partial charge in [-0.3, -0.25) is 9.88 Å². The van der Waals surface area contributed by atoms with Crippen molar-refractivity contribution >= 4 is 0 Å². The van der Waals surface area contributed by atoms with Gasteiger partial charge in [-0.25, -0.2) is 0 Å². The van der Waals surface area contributed by atoms with Gasteiger partial charge in [-0.2, -0.15) is 0 Å². The van der Waals surface area contributed by atoms with Gasteiger partial charge in [-0.05, 0) is 25.2 Å². The summed E-state index contributed by atoms with van der Waals surface area (Å²) in [4.78, 5) is 6.53. The fourth-order valence-corrected chi connectivity index (χ4v) is 2.01. The highest BCUT2D eigenvalue weighted by atomic mass is 16.3. The molecule has 0 aliphatic rings. The Bertz CT molecular complexity index is 507. The molecule has 0 atom stereocenters. The zero-order valence-electron chi connectivity index (χ0n) is 12.5. The zero-order chi connectivity index (χ0) is 14.4. The first-order valence-electron chi connectivity index (χ1n) is 7.01. The molecule has 0 aliphatic carbocycles. The van der Waals surface area contributed by atoms with Crippen molar-refractivity contribution < 1.29 is 4.42 Å². The molecule has 0 amide bonds. The van der Waals surface area contributed by atoms with Gasteiger partial charge in [0, 0.05) is 30.9 Å². The molecule has 4 heteroatoms. The average Bonchev–Trinajstić information content (AvgIpc) is 2.85. The van der Waals surface area contributed by atoms with Gasteiger partial charge in [0.2, 0.25) is 0 Å². The molecule has 0 saturated heterocycles. The lowest BCUT2D eigenvalue weighted by Gasteiger charge is -2.14. The molecule has 1 N–H and O–H groups in total. The molecular formula is C16H23N3O. The summed E-state index contributed by atoms with van der Waals surface area (Å²) in [5.41, 5.74) is 2.27. The van der Waals surface area contributed by atoms with E-state index in [-0.39, 0.29) is 0 Å². The van der Waals surface area contributed by atoms with Crippen molar-refractivity contribution in [3.63, 3.8) is 0 Å². The van der Waals surface area contributed by atoms with Crippen molar-refractivity contribution in [2.24, 2.45) is 0 Å². The van der Waals surface area contributed by atoms with Gasteiger partial charge < -0.3 is 9.73 Å². The average molecular weight is 273 g/mol. The van der Waals surface area contributed by atoms with Crippen LogP contribution in [0.4, 0.5) is 0 Å². The van der Waals surface area contributed by atoms with E-state index in [1.165, 1.54) is 5.56 Å². The molecule has 0 saturated carbocycles. The second kappa shape index (κ2) is 7.22. The number of rotatable bonds is 7. The molecule has 2 rings (SSSR count). The van der Waals surface area contributed by atoms with Crippen molar-refractivity contribution in [1.29, 1.82) is 0 Å². The van der Waals surface area contributed by atoms with E-state index in [9.17, 15) is 0 Å². The van der Waals surface area contributed by atoms with E-state index in [0.717, 1.165) is 31.1 Å². The molecule has 20 heavy (non-hydrogen) atoms. The Labute approximate surface area is 120 Å². The van der Waals surface area contributed by atoms with Crippen molar-refractivity contribution in [3.05, 3.63) is 53.7 Å². The van der Waals surface area contributed by atoms with Gasteiger partial charge in [0.25, 0.3) is 0 Å². The number of pyridine rings is 1. The standard InChI is InChI=1S/C16H23N3O/c1-13(2)18-9-14-8-16(20-12-14)11-19(3)10-15-6-4-5-7-17-15/h4-8,12-13,18H,9-11H2,1-3H3. The summed E-state index contributed by atoms with van der Waals surface area (Å²) < 4.78 is 5.60. The van der Waals surface area contributed by atoms with Crippen LogP contribution in [-0.4, -0.2) is 23.0 Å². The summed E-state index contributed by atoms with van der Waals surface area (Å²) in [7, 11) is 2.07. The largest absolute Gasteiger partial charge is 0.468 e. The molecule has 2 aromatic heterocycles. The molecule has 0 fully saturated rings. The van der Waals surface area contributed by atoms with Gasteiger partial charge in [0.05, 0.1) is 18.5 Å². The lowest BCUT2D eigenvalue weighted by molar-refractivity contribution is 0.285. The summed E-state index contributed by atoms with van der Waals surface area (Å²) in [5, 5.41) is 3.38. The topological polar surface area (TPSA) is 41.3 Å². The number of hydrogen-bond donors (Lipinski definition) is 1. The van der Waals surface area contributed by atoms with Crippen molar-refractivity contribution in [2.45, 2.75) is 39.5 Å². The monoisotopic (exact) mass is 273 g/mol. The van der Waals surface area contributed by atoms with Crippen molar-refractivity contribution in [3.8, 4) is 0 Å². The Kier molecular flexibility index (Phi) is 5.32. The molecular weight excluding hydrogens is 250 g/mol. The Hall–Kier alpha value is -1.65. The highest BCUT2D eigenvalue weighted by molar-refractivity contribution is 5.13. The first-order chi connectivity index (χ1) is 9.63. The molecule has 0 aliphatic heterocycles. The molecule has 108 valence electrons. The summed E-state index contributed by atoms with van der Waals surface area (Å²) in [6.45, 7) is 6.74. The number of nitrogens with zero attached hydrogens (tertiary/aromatic N) is 2. The Morgan fingerprint density at radius 1 is 1.30 bits per heavy atom. The summed E-state index contributed by atoms with van der Waals surface area (Å²) in [6, 6.07) is 8.59. The van der Waals surface area contributed by atoms with E-state index in [2.05, 4.69) is 42.2 Å². The third-order valence-electron chi connectivity index (χ3n) is 3.01. The maximum Gasteiger partial charge on any atom is 0.118 e. The molecule has 2 aromatic rings. The Balaban J connectivity index is 1.83. The normalized spacial score (nSPS) is 11.4. The minimum Gasteiger partial charge on any atom is -0.468 e. The number of furan rings is 1. The fourth-order valence-electron chi connectivity index (χ4n) is 2.01. The van der Waals surface area contributed by atoms with Crippen LogP contribution in [0.5, 0.6) is 0 Å². The van der Waals surface area contributed by atoms with E-state index < -0.39 is 0 Å². The summed E-state index contributed by atoms with van der Waals surface area (Å²) in [6.07, 6.45) is 3.66. The van der Waals surface area contributed by atoms with Crippen LogP contribution in [0.3, 0.4) is 0 Å². The van der Waals surface area contributed by atoms with Gasteiger partial charge in [-0.15, -0.1) is 0 Å². The second-order valence-corrected chi connectivity index (χ2v) is 5.45. The van der Waals surface area contributed by atoms with E-state index in [4.69, 9.17) is 4.42 Å². The van der Waals surface area contributed by atoms with Crippen LogP contribution in [0.2, 0.25) is 0 Å². The van der Waals surface area contributed by atoms with Crippen LogP contribution in [-0.2, 0) is 19.6 Å². The fraction of sp³-hybridized carbons (Fsp3) is 0.438.